The summed E-state index contributed by atoms with van der Waals surface area (Å²) in [6, 6.07) is 33.9. The van der Waals surface area contributed by atoms with Crippen LogP contribution in [0, 0.1) is 0 Å². The van der Waals surface area contributed by atoms with Crippen molar-refractivity contribution in [3.63, 3.8) is 0 Å². The van der Waals surface area contributed by atoms with E-state index in [1.165, 1.54) is 22.2 Å². The summed E-state index contributed by atoms with van der Waals surface area (Å²) >= 11 is 0. The second kappa shape index (κ2) is 6.33. The molecule has 2 heteroatoms. The summed E-state index contributed by atoms with van der Waals surface area (Å²) in [5.41, 5.74) is 6.76. The van der Waals surface area contributed by atoms with Gasteiger partial charge in [0.05, 0.1) is 11.2 Å². The Morgan fingerprint density at radius 1 is 0.630 bits per heavy atom. The van der Waals surface area contributed by atoms with E-state index >= 15 is 0 Å². The largest absolute Gasteiger partial charge is 0.248 e. The average molecular weight is 347 g/mol. The molecule has 0 unspecified atom stereocenters. The van der Waals surface area contributed by atoms with Gasteiger partial charge in [0.1, 0.15) is 7.05 Å². The summed E-state index contributed by atoms with van der Waals surface area (Å²) in [5.74, 6) is 0. The molecule has 0 aliphatic heterocycles. The molecule has 5 aromatic rings. The molecule has 5 rings (SSSR count). The topological polar surface area (TPSA) is 16.8 Å². The van der Waals surface area contributed by atoms with Crippen molar-refractivity contribution < 1.29 is 4.57 Å². The highest BCUT2D eigenvalue weighted by Gasteiger charge is 2.15. The van der Waals surface area contributed by atoms with E-state index in [1.807, 2.05) is 24.3 Å². The number of pyridine rings is 2. The van der Waals surface area contributed by atoms with Gasteiger partial charge in [-0.15, -0.1) is 0 Å². The number of benzene rings is 3. The number of hydrogen-bond donors (Lipinski definition) is 0. The van der Waals surface area contributed by atoms with Crippen molar-refractivity contribution >= 4 is 21.8 Å². The number of nitrogens with zero attached hydrogens (tertiary/aromatic N) is 2. The Balaban J connectivity index is 1.72. The molecule has 0 amide bonds. The van der Waals surface area contributed by atoms with Crippen LogP contribution in [0.5, 0.6) is 0 Å². The molecule has 2 heterocycles. The van der Waals surface area contributed by atoms with Crippen molar-refractivity contribution in [3.8, 4) is 22.5 Å². The SMILES string of the molecule is C[n+]1c(-c2ccccc2)ccc2cc3ccc(-c4ccccc4)nc3cc21. The summed E-state index contributed by atoms with van der Waals surface area (Å²) in [6.45, 7) is 0. The van der Waals surface area contributed by atoms with E-state index < -0.39 is 0 Å². The molecule has 0 aliphatic carbocycles. The van der Waals surface area contributed by atoms with Gasteiger partial charge in [-0.3, -0.25) is 0 Å². The smallest absolute Gasteiger partial charge is 0.214 e. The van der Waals surface area contributed by atoms with Gasteiger partial charge in [0.15, 0.2) is 0 Å². The molecule has 0 bridgehead atoms. The van der Waals surface area contributed by atoms with Crippen LogP contribution < -0.4 is 4.57 Å². The maximum Gasteiger partial charge on any atom is 0.214 e. The first-order valence-corrected chi connectivity index (χ1v) is 9.14. The Bertz CT molecular complexity index is 1260. The minimum absolute atomic E-state index is 1.00. The number of hydrogen-bond acceptors (Lipinski definition) is 1. The van der Waals surface area contributed by atoms with Crippen LogP contribution in [0.15, 0.2) is 97.1 Å². The van der Waals surface area contributed by atoms with Gasteiger partial charge in [-0.2, -0.15) is 4.57 Å². The van der Waals surface area contributed by atoms with Crippen molar-refractivity contribution in [2.24, 2.45) is 7.05 Å². The standard InChI is InChI=1S/C25H19N2/c1-27-24(19-10-6-3-7-11-19)15-13-21-16-20-12-14-22(18-8-4-2-5-9-18)26-23(20)17-25(21)27/h2-17H,1H3/q+1. The average Bonchev–Trinajstić information content (AvgIpc) is 2.74. The van der Waals surface area contributed by atoms with Gasteiger partial charge in [0.2, 0.25) is 11.2 Å². The highest BCUT2D eigenvalue weighted by atomic mass is 14.9. The molecule has 3 aromatic carbocycles. The van der Waals surface area contributed by atoms with E-state index in [0.29, 0.717) is 0 Å². The van der Waals surface area contributed by atoms with Crippen LogP contribution in [-0.4, -0.2) is 4.98 Å². The van der Waals surface area contributed by atoms with Crippen molar-refractivity contribution in [2.45, 2.75) is 0 Å². The first-order chi connectivity index (χ1) is 13.3. The fourth-order valence-corrected chi connectivity index (χ4v) is 3.68. The zero-order chi connectivity index (χ0) is 18.2. The maximum atomic E-state index is 4.93. The highest BCUT2D eigenvalue weighted by Crippen LogP contribution is 2.25. The van der Waals surface area contributed by atoms with Gasteiger partial charge in [-0.05, 0) is 30.3 Å². The lowest BCUT2D eigenvalue weighted by molar-refractivity contribution is -0.633. The van der Waals surface area contributed by atoms with Crippen LogP contribution in [0.3, 0.4) is 0 Å². The van der Waals surface area contributed by atoms with Gasteiger partial charge >= 0.3 is 0 Å². The Morgan fingerprint density at radius 2 is 1.30 bits per heavy atom. The van der Waals surface area contributed by atoms with Gasteiger partial charge in [-0.1, -0.05) is 54.6 Å². The number of aromatic nitrogens is 2. The Kier molecular flexibility index (Phi) is 3.68. The summed E-state index contributed by atoms with van der Waals surface area (Å²) in [6.07, 6.45) is 0. The molecule has 0 aliphatic rings. The molecular weight excluding hydrogens is 328 g/mol. The van der Waals surface area contributed by atoms with Crippen molar-refractivity contribution in [2.75, 3.05) is 0 Å². The maximum absolute atomic E-state index is 4.93. The van der Waals surface area contributed by atoms with Crippen molar-refractivity contribution in [3.05, 3.63) is 97.1 Å². The van der Waals surface area contributed by atoms with E-state index in [-0.39, 0.29) is 0 Å². The Hall–Kier alpha value is -3.52. The Labute approximate surface area is 158 Å². The fraction of sp³-hybridized carbons (Fsp3) is 0.0400. The van der Waals surface area contributed by atoms with E-state index in [9.17, 15) is 0 Å². The number of fused-ring (bicyclic) bond motifs is 2. The van der Waals surface area contributed by atoms with Gasteiger partial charge in [0, 0.05) is 34.0 Å². The molecule has 2 nitrogen and oxygen atoms in total. The van der Waals surface area contributed by atoms with Crippen LogP contribution >= 0.6 is 0 Å². The molecule has 0 radical (unpaired) electrons. The van der Waals surface area contributed by atoms with Crippen molar-refractivity contribution in [1.82, 2.24) is 4.98 Å². The summed E-state index contributed by atoms with van der Waals surface area (Å²) in [5, 5.41) is 2.38. The minimum Gasteiger partial charge on any atom is -0.248 e. The first kappa shape index (κ1) is 15.7. The Morgan fingerprint density at radius 3 is 2.04 bits per heavy atom. The lowest BCUT2D eigenvalue weighted by atomic mass is 10.1. The molecule has 0 fully saturated rings. The van der Waals surface area contributed by atoms with Crippen LogP contribution in [0.25, 0.3) is 44.3 Å². The number of aryl methyl sites for hydroxylation is 1. The molecule has 0 saturated carbocycles. The van der Waals surface area contributed by atoms with Crippen LogP contribution in [0.4, 0.5) is 0 Å². The highest BCUT2D eigenvalue weighted by molar-refractivity contribution is 5.94. The second-order valence-electron chi connectivity index (χ2n) is 6.81. The molecule has 0 saturated heterocycles. The molecular formula is C25H19N2+. The summed E-state index contributed by atoms with van der Waals surface area (Å²) < 4.78 is 2.25. The minimum atomic E-state index is 1.00. The quantitative estimate of drug-likeness (QED) is 0.302. The normalized spacial score (nSPS) is 11.1. The lowest BCUT2D eigenvalue weighted by Crippen LogP contribution is -2.31. The second-order valence-corrected chi connectivity index (χ2v) is 6.81. The summed E-state index contributed by atoms with van der Waals surface area (Å²) in [7, 11) is 2.12. The van der Waals surface area contributed by atoms with Crippen molar-refractivity contribution in [1.29, 1.82) is 0 Å². The molecule has 0 atom stereocenters. The third-order valence-corrected chi connectivity index (χ3v) is 5.12. The predicted molar refractivity (Wildman–Crippen MR) is 111 cm³/mol. The number of rotatable bonds is 2. The molecule has 0 N–H and O–H groups in total. The monoisotopic (exact) mass is 347 g/mol. The van der Waals surface area contributed by atoms with E-state index in [0.717, 1.165) is 22.2 Å². The van der Waals surface area contributed by atoms with E-state index in [4.69, 9.17) is 4.98 Å². The van der Waals surface area contributed by atoms with Gasteiger partial charge in [0.25, 0.3) is 0 Å². The molecule has 2 aromatic heterocycles. The zero-order valence-corrected chi connectivity index (χ0v) is 15.1. The third kappa shape index (κ3) is 2.76. The predicted octanol–water partition coefficient (Wildman–Crippen LogP) is 5.55. The van der Waals surface area contributed by atoms with E-state index in [1.54, 1.807) is 0 Å². The molecule has 0 spiro atoms. The van der Waals surface area contributed by atoms with E-state index in [2.05, 4.69) is 84.4 Å². The molecule has 27 heavy (non-hydrogen) atoms. The lowest BCUT2D eigenvalue weighted by Gasteiger charge is -2.07. The zero-order valence-electron chi connectivity index (χ0n) is 15.1. The van der Waals surface area contributed by atoms with Crippen LogP contribution in [0.2, 0.25) is 0 Å². The first-order valence-electron chi connectivity index (χ1n) is 9.14. The fourth-order valence-electron chi connectivity index (χ4n) is 3.68. The third-order valence-electron chi connectivity index (χ3n) is 5.12. The van der Waals surface area contributed by atoms with Gasteiger partial charge < -0.3 is 0 Å². The van der Waals surface area contributed by atoms with Gasteiger partial charge in [-0.25, -0.2) is 4.98 Å². The van der Waals surface area contributed by atoms with Crippen LogP contribution in [0.1, 0.15) is 0 Å². The van der Waals surface area contributed by atoms with Crippen LogP contribution in [-0.2, 0) is 7.05 Å². The molecule has 128 valence electrons. The summed E-state index contributed by atoms with van der Waals surface area (Å²) in [4.78, 5) is 4.93.